The van der Waals surface area contributed by atoms with E-state index in [1.165, 1.54) is 38.2 Å². The lowest BCUT2D eigenvalue weighted by Gasteiger charge is -2.34. The molecule has 2 aromatic carbocycles. The van der Waals surface area contributed by atoms with Gasteiger partial charge in [0.25, 0.3) is 0 Å². The van der Waals surface area contributed by atoms with Gasteiger partial charge in [-0.25, -0.2) is 9.78 Å². The van der Waals surface area contributed by atoms with Gasteiger partial charge in [-0.1, -0.05) is 80.9 Å². The van der Waals surface area contributed by atoms with E-state index in [1.807, 2.05) is 0 Å². The number of amides is 14. The predicted octanol–water partition coefficient (Wildman–Crippen LogP) is -0.371. The highest BCUT2D eigenvalue weighted by molar-refractivity contribution is 6.00. The fourth-order valence-corrected chi connectivity index (χ4v) is 12.1. The lowest BCUT2D eigenvalue weighted by Crippen LogP contribution is -2.63. The van der Waals surface area contributed by atoms with E-state index in [0.29, 0.717) is 29.7 Å². The fraction of sp³-hybridized carbons (Fsp3) is 0.605. The Labute approximate surface area is 653 Å². The Morgan fingerprint density at radius 1 is 0.554 bits per heavy atom. The first-order valence-corrected chi connectivity index (χ1v) is 37.6. The number of imidazole rings is 1. The number of ether oxygens (including phenoxy) is 3. The quantitative estimate of drug-likeness (QED) is 0.0321. The number of carbonyl (C=O) groups excluding carboxylic acids is 14. The number of aromatic amines is 1. The number of aromatic nitrogens is 2. The highest BCUT2D eigenvalue weighted by Gasteiger charge is 2.43. The third kappa shape index (κ3) is 33.5. The summed E-state index contributed by atoms with van der Waals surface area (Å²) in [6.07, 6.45) is -1.27. The number of nitrogens with two attached hydrogens (primary N) is 3. The van der Waals surface area contributed by atoms with Crippen LogP contribution in [0, 0.1) is 5.92 Å². The maximum absolute atomic E-state index is 15.4. The number of carboxylic acid groups (broad SMARTS) is 1. The van der Waals surface area contributed by atoms with Crippen LogP contribution in [0.15, 0.2) is 73.2 Å². The molecule has 36 nitrogen and oxygen atoms in total. The predicted molar refractivity (Wildman–Crippen MR) is 409 cm³/mol. The number of carbonyl (C=O) groups is 15. The molecule has 0 unspecified atom stereocenters. The topological polar surface area (TPSA) is 546 Å². The van der Waals surface area contributed by atoms with E-state index < -0.39 is 216 Å². The molecule has 0 bridgehead atoms. The zero-order valence-corrected chi connectivity index (χ0v) is 66.5. The summed E-state index contributed by atoms with van der Waals surface area (Å²) in [5.74, 6) is -13.4. The van der Waals surface area contributed by atoms with Gasteiger partial charge in [0.15, 0.2) is 0 Å². The van der Waals surface area contributed by atoms with Crippen LogP contribution in [0.25, 0.3) is 0 Å². The minimum Gasteiger partial charge on any atom is -0.480 e. The molecule has 0 aliphatic carbocycles. The molecule has 112 heavy (non-hydrogen) atoms. The molecular weight excluding hydrogens is 1450 g/mol. The van der Waals surface area contributed by atoms with Gasteiger partial charge in [-0.05, 0) is 139 Å². The number of hydrogen-bond acceptors (Lipinski definition) is 20. The number of H-pyrrole nitrogens is 1. The van der Waals surface area contributed by atoms with Crippen molar-refractivity contribution >= 4 is 88.9 Å². The van der Waals surface area contributed by atoms with Crippen molar-refractivity contribution in [2.75, 3.05) is 19.6 Å². The number of nitrogens with one attached hydrogen (secondary N) is 12. The normalized spacial score (nSPS) is 16.5. The number of alkyl carbamates (subject to hydrolysis) is 1. The van der Waals surface area contributed by atoms with E-state index >= 15 is 19.2 Å². The SMILES string of the molecule is CC[C@H](C)[C@H](NC(=O)[C@H](C)NC(=O)[C@@H](NC(=O)[C@H](CCC(N)=O)NC(=O)[C@@H]1CCCN1C(=O)[C@H](Cc1ccccc1)NC(=O)[C@@H](NC(=O)[C@H](Cc1cnc[nH]1)NC(=O)[C@H](Cc1ccccc1)NC(=O)[C@H](CCCCNC(=O)OC(C)(C)C)NC(=O)[C@@H](N)CC(N)=O)[C@@H](C)OC(C)(C)C)[C@@H](C)OC(C)(C)C)C(=O)NCC(=O)O. The van der Waals surface area contributed by atoms with E-state index in [-0.39, 0.29) is 58.0 Å². The lowest BCUT2D eigenvalue weighted by molar-refractivity contribution is -0.145. The van der Waals surface area contributed by atoms with Gasteiger partial charge in [-0.2, -0.15) is 0 Å². The summed E-state index contributed by atoms with van der Waals surface area (Å²) in [7, 11) is 0. The van der Waals surface area contributed by atoms with Gasteiger partial charge in [0, 0.05) is 50.7 Å². The first-order chi connectivity index (χ1) is 52.3. The Balaban J connectivity index is 1.70. The molecule has 1 aliphatic heterocycles. The van der Waals surface area contributed by atoms with Gasteiger partial charge in [-0.15, -0.1) is 0 Å². The summed E-state index contributed by atoms with van der Waals surface area (Å²) in [6.45, 7) is 22.3. The summed E-state index contributed by atoms with van der Waals surface area (Å²) < 4.78 is 17.8. The van der Waals surface area contributed by atoms with Crippen LogP contribution in [-0.4, -0.2) is 224 Å². The van der Waals surface area contributed by atoms with E-state index in [1.54, 1.807) is 137 Å². The number of hydrogen-bond donors (Lipinski definition) is 16. The number of nitrogens with zero attached hydrogens (tertiary/aromatic N) is 2. The van der Waals surface area contributed by atoms with Crippen molar-refractivity contribution in [3.63, 3.8) is 0 Å². The largest absolute Gasteiger partial charge is 0.480 e. The summed E-state index contributed by atoms with van der Waals surface area (Å²) >= 11 is 0. The highest BCUT2D eigenvalue weighted by Crippen LogP contribution is 2.23. The third-order valence-corrected chi connectivity index (χ3v) is 17.7. The number of carboxylic acids is 1. The number of aliphatic carboxylic acids is 1. The minimum atomic E-state index is -1.67. The van der Waals surface area contributed by atoms with E-state index in [4.69, 9.17) is 36.5 Å². The smallest absolute Gasteiger partial charge is 0.407 e. The van der Waals surface area contributed by atoms with Gasteiger partial charge in [0.1, 0.15) is 72.6 Å². The molecule has 14 atom stereocenters. The molecule has 0 radical (unpaired) electrons. The van der Waals surface area contributed by atoms with Crippen LogP contribution in [0.4, 0.5) is 4.79 Å². The Bertz CT molecular complexity index is 3680. The molecule has 1 aromatic heterocycles. The van der Waals surface area contributed by atoms with Gasteiger partial charge >= 0.3 is 12.1 Å². The minimum absolute atomic E-state index is 0.0314. The first kappa shape index (κ1) is 93.8. The van der Waals surface area contributed by atoms with Gasteiger partial charge < -0.3 is 105 Å². The zero-order chi connectivity index (χ0) is 84.0. The van der Waals surface area contributed by atoms with Crippen LogP contribution in [-0.2, 0) is 101 Å². The van der Waals surface area contributed by atoms with Crippen LogP contribution in [0.2, 0.25) is 0 Å². The molecule has 0 saturated carbocycles. The number of likely N-dealkylation sites (tertiary alicyclic amines) is 1. The molecule has 1 aliphatic rings. The van der Waals surface area contributed by atoms with Crippen LogP contribution in [0.5, 0.6) is 0 Å². The van der Waals surface area contributed by atoms with E-state index in [9.17, 15) is 52.7 Å². The second kappa shape index (κ2) is 44.4. The number of unbranched alkanes of at least 4 members (excludes halogenated alkanes) is 1. The van der Waals surface area contributed by atoms with Crippen molar-refractivity contribution in [1.82, 2.24) is 73.4 Å². The van der Waals surface area contributed by atoms with Crippen molar-refractivity contribution in [2.45, 2.75) is 269 Å². The van der Waals surface area contributed by atoms with Crippen molar-refractivity contribution < 1.29 is 91.2 Å². The maximum Gasteiger partial charge on any atom is 0.407 e. The maximum atomic E-state index is 15.4. The molecular formula is C76H117N17O19. The van der Waals surface area contributed by atoms with Crippen LogP contribution < -0.4 is 75.7 Å². The van der Waals surface area contributed by atoms with Crippen LogP contribution >= 0.6 is 0 Å². The molecule has 1 fully saturated rings. The monoisotopic (exact) mass is 1570 g/mol. The number of primary amides is 2. The molecule has 36 heteroatoms. The van der Waals surface area contributed by atoms with Crippen molar-refractivity contribution in [3.8, 4) is 0 Å². The molecule has 19 N–H and O–H groups in total. The third-order valence-electron chi connectivity index (χ3n) is 17.7. The molecule has 14 amide bonds. The average molecular weight is 1570 g/mol. The second-order valence-corrected chi connectivity index (χ2v) is 30.9. The Hall–Kier alpha value is -10.6. The Morgan fingerprint density at radius 3 is 1.55 bits per heavy atom. The Morgan fingerprint density at radius 2 is 1.04 bits per heavy atom. The zero-order valence-electron chi connectivity index (χ0n) is 66.5. The molecule has 620 valence electrons. The summed E-state index contributed by atoms with van der Waals surface area (Å²) in [6, 6.07) is 0.861. The molecule has 2 heterocycles. The van der Waals surface area contributed by atoms with E-state index in [0.717, 1.165) is 0 Å². The van der Waals surface area contributed by atoms with Crippen molar-refractivity contribution in [3.05, 3.63) is 90.0 Å². The van der Waals surface area contributed by atoms with Gasteiger partial charge in [0.05, 0.1) is 42.2 Å². The summed E-state index contributed by atoms with van der Waals surface area (Å²) in [5.41, 5.74) is 15.7. The summed E-state index contributed by atoms with van der Waals surface area (Å²) in [5, 5.41) is 38.0. The molecule has 0 spiro atoms. The van der Waals surface area contributed by atoms with E-state index in [2.05, 4.69) is 68.5 Å². The van der Waals surface area contributed by atoms with Crippen molar-refractivity contribution in [1.29, 1.82) is 0 Å². The van der Waals surface area contributed by atoms with Gasteiger partial charge in [0.2, 0.25) is 76.8 Å². The van der Waals surface area contributed by atoms with Crippen LogP contribution in [0.1, 0.15) is 172 Å². The molecule has 4 rings (SSSR count). The molecule has 1 saturated heterocycles. The second-order valence-electron chi connectivity index (χ2n) is 30.9. The average Bonchev–Trinajstić information content (AvgIpc) is 1.71. The molecule has 3 aromatic rings. The number of rotatable bonds is 44. The highest BCUT2D eigenvalue weighted by atomic mass is 16.6. The fourth-order valence-electron chi connectivity index (χ4n) is 12.1. The standard InChI is InChI=1S/C76H117N17O19/c1-15-42(2)59(69(105)82-40-58(96)97)90-62(98)43(3)84-70(106)60(44(4)110-74(6,7)8)91-65(101)51(31-32-56(78)94)86-68(104)55-30-24-34-93(55)72(108)54(36-47-27-20-17-21-28-47)89-71(107)61(45(5)111-75(9,10)11)92-67(103)53(37-48-39-80-41-83-48)88-66(102)52(35-46-25-18-16-19-26-46)87-64(100)50(85-63(99)49(77)38-57(79)95)29-22-23-33-81-73(109)112-76(12,13)14/h16-21,25-28,39,41-45,49-55,59-61H,15,22-24,29-38,40,77H2,1-14H3,(H2,78,94)(H2,79,95)(H,80,83)(H,81,109)(H,82,105)(H,84,106)(H,85,99)(H,86,104)(H,87,100)(H,88,102)(H,89,107)(H,90,98)(H,91,101)(H,92,103)(H,96,97)/t42-,43-,44+,45+,49-,50-,51-,52-,53-,54-,55-,59-,60-,61-/m0/s1. The van der Waals surface area contributed by atoms with Crippen LogP contribution in [0.3, 0.4) is 0 Å². The van der Waals surface area contributed by atoms with Crippen molar-refractivity contribution in [2.24, 2.45) is 23.1 Å². The lowest BCUT2D eigenvalue weighted by atomic mass is 9.98. The Kier molecular flexibility index (Phi) is 37.2. The first-order valence-electron chi connectivity index (χ1n) is 37.6. The number of benzene rings is 2. The van der Waals surface area contributed by atoms with Gasteiger partial charge in [-0.3, -0.25) is 67.1 Å². The summed E-state index contributed by atoms with van der Waals surface area (Å²) in [4.78, 5) is 215.